The van der Waals surface area contributed by atoms with Crippen molar-refractivity contribution in [3.8, 4) is 18.1 Å². The Morgan fingerprint density at radius 3 is 2.57 bits per heavy atom. The van der Waals surface area contributed by atoms with Gasteiger partial charge in [-0.1, -0.05) is 35.4 Å². The van der Waals surface area contributed by atoms with E-state index in [4.69, 9.17) is 11.6 Å². The van der Waals surface area contributed by atoms with Crippen molar-refractivity contribution in [2.75, 3.05) is 12.3 Å². The number of nitrogens with one attached hydrogen (secondary N) is 1. The molecule has 8 heteroatoms. The van der Waals surface area contributed by atoms with Gasteiger partial charge < -0.3 is 4.74 Å². The highest BCUT2D eigenvalue weighted by Crippen LogP contribution is 2.26. The van der Waals surface area contributed by atoms with Crippen molar-refractivity contribution in [3.05, 3.63) is 70.2 Å². The minimum absolute atomic E-state index is 0.226. The first-order chi connectivity index (χ1) is 14.3. The molecule has 1 N–H and O–H groups in total. The topological polar surface area (TPSA) is 21.3 Å². The SMILES string of the molecule is C#CC.C/C=C(/CNSc1ccc(OC(F)(F)F)cc1)SCC1=CC=C(Cl)C=CC1. The molecule has 0 saturated heterocycles. The predicted molar refractivity (Wildman–Crippen MR) is 123 cm³/mol. The average molecular weight is 474 g/mol. The van der Waals surface area contributed by atoms with Crippen LogP contribution in [0.5, 0.6) is 5.75 Å². The zero-order valence-electron chi connectivity index (χ0n) is 16.6. The maximum atomic E-state index is 12.2. The minimum Gasteiger partial charge on any atom is -0.406 e. The van der Waals surface area contributed by atoms with Gasteiger partial charge in [0.15, 0.2) is 0 Å². The molecule has 162 valence electrons. The molecule has 2 rings (SSSR count). The van der Waals surface area contributed by atoms with Gasteiger partial charge in [-0.05, 0) is 73.5 Å². The fourth-order valence-corrected chi connectivity index (χ4v) is 3.91. The van der Waals surface area contributed by atoms with Crippen molar-refractivity contribution in [2.45, 2.75) is 31.5 Å². The summed E-state index contributed by atoms with van der Waals surface area (Å²) in [5, 5.41) is 0.728. The van der Waals surface area contributed by atoms with Crippen LogP contribution in [-0.4, -0.2) is 18.7 Å². The molecular formula is C22H23ClF3NOS2. The van der Waals surface area contributed by atoms with Crippen LogP contribution in [0.15, 0.2) is 75.1 Å². The summed E-state index contributed by atoms with van der Waals surface area (Å²) in [5.41, 5.74) is 1.29. The highest BCUT2D eigenvalue weighted by Gasteiger charge is 2.30. The van der Waals surface area contributed by atoms with E-state index >= 15 is 0 Å². The van der Waals surface area contributed by atoms with Crippen LogP contribution >= 0.6 is 35.3 Å². The van der Waals surface area contributed by atoms with E-state index in [0.717, 1.165) is 22.1 Å². The highest BCUT2D eigenvalue weighted by atomic mass is 35.5. The average Bonchev–Trinajstić information content (AvgIpc) is 2.89. The van der Waals surface area contributed by atoms with Crippen LogP contribution in [0.4, 0.5) is 13.2 Å². The Balaban J connectivity index is 0.00000141. The second-order valence-corrected chi connectivity index (χ2v) is 8.26. The molecule has 0 bridgehead atoms. The van der Waals surface area contributed by atoms with E-state index in [1.54, 1.807) is 30.8 Å². The third-order valence-corrected chi connectivity index (χ3v) is 5.71. The number of rotatable bonds is 8. The van der Waals surface area contributed by atoms with Crippen molar-refractivity contribution in [2.24, 2.45) is 0 Å². The van der Waals surface area contributed by atoms with Gasteiger partial charge in [0, 0.05) is 22.2 Å². The second kappa shape index (κ2) is 14.3. The number of hydrogen-bond acceptors (Lipinski definition) is 4. The number of benzene rings is 1. The molecule has 2 nitrogen and oxygen atoms in total. The lowest BCUT2D eigenvalue weighted by Gasteiger charge is -2.11. The molecule has 0 spiro atoms. The molecule has 1 aromatic carbocycles. The lowest BCUT2D eigenvalue weighted by atomic mass is 10.2. The van der Waals surface area contributed by atoms with Crippen molar-refractivity contribution in [3.63, 3.8) is 0 Å². The summed E-state index contributed by atoms with van der Waals surface area (Å²) in [5.74, 6) is 2.90. The van der Waals surface area contributed by atoms with E-state index in [0.29, 0.717) is 6.54 Å². The quantitative estimate of drug-likeness (QED) is 0.312. The molecule has 0 unspecified atom stereocenters. The summed E-state index contributed by atoms with van der Waals surface area (Å²) in [6, 6.07) is 5.76. The third kappa shape index (κ3) is 12.1. The lowest BCUT2D eigenvalue weighted by molar-refractivity contribution is -0.274. The fraction of sp³-hybridized carbons (Fsp3) is 0.273. The molecule has 1 aliphatic carbocycles. The Labute approximate surface area is 189 Å². The van der Waals surface area contributed by atoms with Crippen molar-refractivity contribution < 1.29 is 17.9 Å². The Kier molecular flexibility index (Phi) is 12.6. The summed E-state index contributed by atoms with van der Waals surface area (Å²) in [4.78, 5) is 1.99. The van der Waals surface area contributed by atoms with Crippen LogP contribution in [-0.2, 0) is 0 Å². The van der Waals surface area contributed by atoms with Gasteiger partial charge in [-0.15, -0.1) is 37.3 Å². The summed E-state index contributed by atoms with van der Waals surface area (Å²) in [6.45, 7) is 4.29. The van der Waals surface area contributed by atoms with Crippen molar-refractivity contribution >= 4 is 35.3 Å². The van der Waals surface area contributed by atoms with Crippen LogP contribution in [0.3, 0.4) is 0 Å². The van der Waals surface area contributed by atoms with Gasteiger partial charge in [0.1, 0.15) is 5.75 Å². The molecule has 1 aliphatic rings. The lowest BCUT2D eigenvalue weighted by Crippen LogP contribution is -2.17. The summed E-state index contributed by atoms with van der Waals surface area (Å²) in [6.07, 6.45) is 10.8. The number of allylic oxidation sites excluding steroid dienone is 6. The van der Waals surface area contributed by atoms with E-state index in [9.17, 15) is 13.2 Å². The summed E-state index contributed by atoms with van der Waals surface area (Å²) < 4.78 is 43.5. The number of hydrogen-bond donors (Lipinski definition) is 1. The maximum absolute atomic E-state index is 12.2. The number of halogens is 4. The van der Waals surface area contributed by atoms with Crippen LogP contribution in [0.2, 0.25) is 0 Å². The molecule has 0 heterocycles. The molecule has 0 saturated carbocycles. The van der Waals surface area contributed by atoms with Crippen LogP contribution in [0, 0.1) is 12.3 Å². The zero-order valence-corrected chi connectivity index (χ0v) is 19.0. The van der Waals surface area contributed by atoms with Crippen molar-refractivity contribution in [1.82, 2.24) is 4.72 Å². The van der Waals surface area contributed by atoms with Gasteiger partial charge in [-0.2, -0.15) is 0 Å². The summed E-state index contributed by atoms with van der Waals surface area (Å²) >= 11 is 9.09. The Morgan fingerprint density at radius 1 is 1.30 bits per heavy atom. The highest BCUT2D eigenvalue weighted by molar-refractivity contribution is 8.03. The molecular weight excluding hydrogens is 451 g/mol. The molecule has 0 aromatic heterocycles. The normalized spacial score (nSPS) is 14.0. The van der Waals surface area contributed by atoms with E-state index < -0.39 is 6.36 Å². The molecule has 30 heavy (non-hydrogen) atoms. The van der Waals surface area contributed by atoms with Gasteiger partial charge >= 0.3 is 6.36 Å². The largest absolute Gasteiger partial charge is 0.573 e. The van der Waals surface area contributed by atoms with Crippen LogP contribution in [0.1, 0.15) is 20.3 Å². The first kappa shape index (κ1) is 26.3. The minimum atomic E-state index is -4.67. The number of thioether (sulfide) groups is 1. The van der Waals surface area contributed by atoms with Gasteiger partial charge in [0.2, 0.25) is 0 Å². The zero-order chi connectivity index (χ0) is 22.4. The molecule has 0 fully saturated rings. The van der Waals surface area contributed by atoms with Crippen LogP contribution < -0.4 is 9.46 Å². The van der Waals surface area contributed by atoms with Gasteiger partial charge in [-0.3, -0.25) is 4.72 Å². The molecule has 0 radical (unpaired) electrons. The van der Waals surface area contributed by atoms with E-state index in [1.807, 2.05) is 25.2 Å². The standard InChI is InChI=1S/C19H19ClF3NOS2.C3H4/c1-2-17(26-13-14-4-3-5-15(20)7-6-14)12-24-27-18-10-8-16(9-11-18)25-19(21,22)23;1-3-2/h2-3,5-11,24H,4,12-13H2,1H3;1H,2H3/b17-2-;. The molecule has 0 aliphatic heterocycles. The van der Waals surface area contributed by atoms with Crippen molar-refractivity contribution in [1.29, 1.82) is 0 Å². The molecule has 0 amide bonds. The predicted octanol–water partition coefficient (Wildman–Crippen LogP) is 7.47. The van der Waals surface area contributed by atoms with Gasteiger partial charge in [0.25, 0.3) is 0 Å². The van der Waals surface area contributed by atoms with Gasteiger partial charge in [-0.25, -0.2) is 0 Å². The van der Waals surface area contributed by atoms with E-state index in [2.05, 4.69) is 34.0 Å². The first-order valence-corrected chi connectivity index (χ1v) is 11.1. The Bertz CT molecular complexity index is 822. The number of alkyl halides is 3. The monoisotopic (exact) mass is 473 g/mol. The number of ether oxygens (including phenoxy) is 1. The van der Waals surface area contributed by atoms with E-state index in [1.165, 1.54) is 34.6 Å². The molecule has 0 atom stereocenters. The Hall–Kier alpha value is -1.72. The van der Waals surface area contributed by atoms with Gasteiger partial charge in [0.05, 0.1) is 0 Å². The van der Waals surface area contributed by atoms with Crippen LogP contribution in [0.25, 0.3) is 0 Å². The second-order valence-electron chi connectivity index (χ2n) is 5.76. The summed E-state index contributed by atoms with van der Waals surface area (Å²) in [7, 11) is 0. The Morgan fingerprint density at radius 2 is 1.97 bits per heavy atom. The maximum Gasteiger partial charge on any atom is 0.573 e. The molecule has 1 aromatic rings. The smallest absolute Gasteiger partial charge is 0.406 e. The van der Waals surface area contributed by atoms with E-state index in [-0.39, 0.29) is 5.75 Å². The fourth-order valence-electron chi connectivity index (χ4n) is 2.07. The third-order valence-electron chi connectivity index (χ3n) is 3.39. The first-order valence-electron chi connectivity index (χ1n) is 8.90. The number of terminal acetylenes is 1.